The van der Waals surface area contributed by atoms with Gasteiger partial charge in [-0.1, -0.05) is 13.3 Å². The fourth-order valence-corrected chi connectivity index (χ4v) is 6.95. The zero-order valence-electron chi connectivity index (χ0n) is 13.5. The third kappa shape index (κ3) is 3.91. The summed E-state index contributed by atoms with van der Waals surface area (Å²) in [5, 5.41) is 0.605. The Hall–Kier alpha value is -0.760. The van der Waals surface area contributed by atoms with E-state index in [0.717, 1.165) is 5.30 Å². The van der Waals surface area contributed by atoms with Crippen LogP contribution in [0.5, 0.6) is 5.75 Å². The molecule has 0 saturated carbocycles. The summed E-state index contributed by atoms with van der Waals surface area (Å²) in [6.45, 7) is 17.1. The molecule has 1 aromatic carbocycles. The summed E-state index contributed by atoms with van der Waals surface area (Å²) >= 11 is 0. The minimum Gasteiger partial charge on any atom is -0.406 e. The quantitative estimate of drug-likeness (QED) is 0.508. The Balaban J connectivity index is 3.39. The molecular formula is C16H24F3OP. The minimum atomic E-state index is -4.68. The highest BCUT2D eigenvalue weighted by Crippen LogP contribution is 2.74. The summed E-state index contributed by atoms with van der Waals surface area (Å²) in [6.07, 6.45) is -4.68. The average molecular weight is 320 g/mol. The number of rotatable bonds is 2. The molecule has 5 heteroatoms. The lowest BCUT2D eigenvalue weighted by molar-refractivity contribution is -0.274. The highest BCUT2D eigenvalue weighted by atomic mass is 31.2. The second-order valence-electron chi connectivity index (χ2n) is 7.20. The van der Waals surface area contributed by atoms with Crippen molar-refractivity contribution in [3.63, 3.8) is 0 Å². The van der Waals surface area contributed by atoms with Gasteiger partial charge >= 0.3 is 6.36 Å². The van der Waals surface area contributed by atoms with Crippen molar-refractivity contribution in [1.29, 1.82) is 0 Å². The Bertz CT molecular complexity index is 481. The van der Waals surface area contributed by atoms with Crippen LogP contribution in [0.3, 0.4) is 0 Å². The second kappa shape index (κ2) is 5.46. The van der Waals surface area contributed by atoms with Crippen molar-refractivity contribution in [3.05, 3.63) is 30.9 Å². The van der Waals surface area contributed by atoms with Crippen LogP contribution in [0.15, 0.2) is 24.3 Å². The third-order valence-electron chi connectivity index (χ3n) is 3.78. The van der Waals surface area contributed by atoms with Gasteiger partial charge in [0.25, 0.3) is 0 Å². The highest BCUT2D eigenvalue weighted by molar-refractivity contribution is 7.86. The molecule has 21 heavy (non-hydrogen) atoms. The van der Waals surface area contributed by atoms with Crippen molar-refractivity contribution in [2.75, 3.05) is 0 Å². The Morgan fingerprint density at radius 2 is 1.43 bits per heavy atom. The molecular weight excluding hydrogens is 296 g/mol. The predicted octanol–water partition coefficient (Wildman–Crippen LogP) is 5.62. The Morgan fingerprint density at radius 1 is 0.952 bits per heavy atom. The van der Waals surface area contributed by atoms with Gasteiger partial charge in [-0.25, -0.2) is 0 Å². The van der Waals surface area contributed by atoms with Gasteiger partial charge in [-0.15, -0.1) is 13.2 Å². The maximum absolute atomic E-state index is 12.4. The van der Waals surface area contributed by atoms with Crippen LogP contribution in [-0.2, 0) is 0 Å². The molecule has 0 aromatic heterocycles. The molecule has 0 saturated heterocycles. The zero-order valence-corrected chi connectivity index (χ0v) is 14.4. The van der Waals surface area contributed by atoms with Crippen LogP contribution >= 0.6 is 7.26 Å². The monoisotopic (exact) mass is 320 g/mol. The Kier molecular flexibility index (Phi) is 4.76. The maximum atomic E-state index is 12.4. The molecule has 0 fully saturated rings. The van der Waals surface area contributed by atoms with E-state index in [0.29, 0.717) is 0 Å². The van der Waals surface area contributed by atoms with E-state index < -0.39 is 13.6 Å². The van der Waals surface area contributed by atoms with Gasteiger partial charge in [0.1, 0.15) is 5.75 Å². The Morgan fingerprint density at radius 3 is 1.81 bits per heavy atom. The van der Waals surface area contributed by atoms with E-state index in [2.05, 4.69) is 52.9 Å². The number of hydrogen-bond acceptors (Lipinski definition) is 1. The molecule has 0 amide bonds. The molecule has 1 aromatic rings. The van der Waals surface area contributed by atoms with Crippen molar-refractivity contribution < 1.29 is 17.9 Å². The first-order chi connectivity index (χ1) is 9.18. The van der Waals surface area contributed by atoms with Crippen molar-refractivity contribution in [3.8, 4) is 5.75 Å². The van der Waals surface area contributed by atoms with E-state index in [-0.39, 0.29) is 16.1 Å². The summed E-state index contributed by atoms with van der Waals surface area (Å²) in [7, 11) is -1.98. The fourth-order valence-electron chi connectivity index (χ4n) is 2.70. The van der Waals surface area contributed by atoms with Crippen molar-refractivity contribution in [1.82, 2.24) is 0 Å². The molecule has 1 nitrogen and oxygen atoms in total. The van der Waals surface area contributed by atoms with Gasteiger partial charge in [-0.05, 0) is 53.7 Å². The molecule has 0 aliphatic carbocycles. The Labute approximate surface area is 126 Å². The van der Waals surface area contributed by atoms with Crippen LogP contribution in [0, 0.1) is 6.66 Å². The fraction of sp³-hybridized carbons (Fsp3) is 0.562. The summed E-state index contributed by atoms with van der Waals surface area (Å²) in [5.41, 5.74) is 0. The normalized spacial score (nSPS) is 14.2. The van der Waals surface area contributed by atoms with Gasteiger partial charge in [-0.2, -0.15) is 6.66 Å². The number of benzene rings is 1. The van der Waals surface area contributed by atoms with E-state index in [1.54, 1.807) is 6.07 Å². The lowest BCUT2D eigenvalue weighted by Crippen LogP contribution is -2.38. The smallest absolute Gasteiger partial charge is 0.406 e. The standard InChI is InChI=1S/C16H24F3OP/c1-14(2,3)21(7,15(4,5)6)13-10-8-9-12(11-13)20-16(17,18)19/h8-11H,7H2,1-6H3. The molecule has 0 bridgehead atoms. The predicted molar refractivity (Wildman–Crippen MR) is 84.5 cm³/mol. The molecule has 0 N–H and O–H groups in total. The molecule has 0 spiro atoms. The molecule has 0 aliphatic heterocycles. The second-order valence-corrected chi connectivity index (χ2v) is 12.0. The first-order valence-electron chi connectivity index (χ1n) is 6.78. The first kappa shape index (κ1) is 18.3. The van der Waals surface area contributed by atoms with Gasteiger partial charge in [0.05, 0.1) is 15.6 Å². The molecule has 120 valence electrons. The summed E-state index contributed by atoms with van der Waals surface area (Å²) in [6, 6.07) is 6.28. The molecule has 0 heterocycles. The zero-order chi connectivity index (χ0) is 16.7. The van der Waals surface area contributed by atoms with E-state index in [9.17, 15) is 13.2 Å². The van der Waals surface area contributed by atoms with E-state index in [1.165, 1.54) is 12.1 Å². The average Bonchev–Trinajstić information content (AvgIpc) is 2.22. The van der Waals surface area contributed by atoms with E-state index in [4.69, 9.17) is 0 Å². The van der Waals surface area contributed by atoms with Crippen LogP contribution in [0.2, 0.25) is 0 Å². The third-order valence-corrected chi connectivity index (χ3v) is 9.52. The van der Waals surface area contributed by atoms with Crippen molar-refractivity contribution in [2.24, 2.45) is 0 Å². The van der Waals surface area contributed by atoms with E-state index in [1.807, 2.05) is 6.07 Å². The lowest BCUT2D eigenvalue weighted by atomic mass is 10.2. The summed E-state index contributed by atoms with van der Waals surface area (Å²) in [5.74, 6) is -0.179. The van der Waals surface area contributed by atoms with Crippen molar-refractivity contribution >= 4 is 12.6 Å². The van der Waals surface area contributed by atoms with Gasteiger partial charge < -0.3 is 4.74 Å². The molecule has 0 unspecified atom stereocenters. The van der Waals surface area contributed by atoms with Crippen LogP contribution < -0.4 is 10.0 Å². The topological polar surface area (TPSA) is 9.23 Å². The van der Waals surface area contributed by atoms with Crippen LogP contribution in [0.25, 0.3) is 0 Å². The van der Waals surface area contributed by atoms with Gasteiger partial charge in [0, 0.05) is 6.07 Å². The number of hydrogen-bond donors (Lipinski definition) is 0. The first-order valence-corrected chi connectivity index (χ1v) is 8.76. The highest BCUT2D eigenvalue weighted by Gasteiger charge is 2.49. The lowest BCUT2D eigenvalue weighted by Gasteiger charge is -2.50. The van der Waals surface area contributed by atoms with Gasteiger partial charge in [0.2, 0.25) is 0 Å². The summed E-state index contributed by atoms with van der Waals surface area (Å²) in [4.78, 5) is 0. The largest absolute Gasteiger partial charge is 0.573 e. The van der Waals surface area contributed by atoms with Crippen LogP contribution in [-0.4, -0.2) is 16.7 Å². The van der Waals surface area contributed by atoms with Gasteiger partial charge in [0.15, 0.2) is 0 Å². The number of ether oxygens (including phenoxy) is 1. The minimum absolute atomic E-state index is 0.123. The SMILES string of the molecule is [CH2-][P+](c1cccc(OC(F)(F)F)c1)(C(C)(C)C)C(C)(C)C. The van der Waals surface area contributed by atoms with E-state index >= 15 is 0 Å². The summed E-state index contributed by atoms with van der Waals surface area (Å²) < 4.78 is 41.3. The van der Waals surface area contributed by atoms with Crippen LogP contribution in [0.4, 0.5) is 13.2 Å². The molecule has 0 radical (unpaired) electrons. The van der Waals surface area contributed by atoms with Gasteiger partial charge in [-0.3, -0.25) is 0 Å². The number of alkyl halides is 3. The molecule has 1 rings (SSSR count). The molecule has 0 aliphatic rings. The molecule has 0 atom stereocenters. The van der Waals surface area contributed by atoms with Crippen molar-refractivity contribution in [2.45, 2.75) is 58.2 Å². The maximum Gasteiger partial charge on any atom is 0.573 e. The van der Waals surface area contributed by atoms with Crippen LogP contribution in [0.1, 0.15) is 41.5 Å². The number of halogens is 3.